The van der Waals surface area contributed by atoms with Gasteiger partial charge in [-0.1, -0.05) is 0 Å². The highest BCUT2D eigenvalue weighted by Gasteiger charge is 2.46. The van der Waals surface area contributed by atoms with Crippen LogP contribution in [0.1, 0.15) is 13.8 Å². The molecule has 9 heteroatoms. The maximum atomic E-state index is 12.4. The predicted molar refractivity (Wildman–Crippen MR) is 75.2 cm³/mol. The van der Waals surface area contributed by atoms with E-state index in [1.54, 1.807) is 0 Å². The van der Waals surface area contributed by atoms with Gasteiger partial charge < -0.3 is 9.64 Å². The van der Waals surface area contributed by atoms with E-state index in [4.69, 9.17) is 4.74 Å². The van der Waals surface area contributed by atoms with Gasteiger partial charge in [-0.3, -0.25) is 4.72 Å². The topological polar surface area (TPSA) is 58.6 Å². The van der Waals surface area contributed by atoms with Gasteiger partial charge in [-0.2, -0.15) is 21.6 Å². The molecule has 0 aliphatic rings. The molecular formula is C12H17F3N2O3S. The lowest BCUT2D eigenvalue weighted by atomic mass is 10.2. The molecule has 0 saturated carbocycles. The van der Waals surface area contributed by atoms with E-state index in [0.717, 1.165) is 0 Å². The normalized spacial score (nSPS) is 12.1. The van der Waals surface area contributed by atoms with E-state index in [1.165, 1.54) is 30.0 Å². The van der Waals surface area contributed by atoms with E-state index in [2.05, 4.69) is 0 Å². The fourth-order valence-corrected chi connectivity index (χ4v) is 2.33. The zero-order valence-corrected chi connectivity index (χ0v) is 12.7. The molecule has 120 valence electrons. The number of nitrogens with zero attached hydrogens (tertiary/aromatic N) is 1. The molecule has 1 rings (SSSR count). The van der Waals surface area contributed by atoms with E-state index in [9.17, 15) is 21.6 Å². The average Bonchev–Trinajstić information content (AvgIpc) is 2.39. The van der Waals surface area contributed by atoms with Crippen molar-refractivity contribution in [2.24, 2.45) is 0 Å². The Morgan fingerprint density at radius 1 is 1.24 bits per heavy atom. The van der Waals surface area contributed by atoms with Crippen molar-refractivity contribution in [3.63, 3.8) is 0 Å². The molecule has 0 aromatic heterocycles. The van der Waals surface area contributed by atoms with Gasteiger partial charge in [0.25, 0.3) is 0 Å². The molecule has 0 radical (unpaired) electrons. The number of halogens is 3. The molecule has 5 nitrogen and oxygen atoms in total. The molecule has 0 heterocycles. The molecule has 0 bridgehead atoms. The highest BCUT2D eigenvalue weighted by Crippen LogP contribution is 2.33. The number of hydrogen-bond donors (Lipinski definition) is 1. The van der Waals surface area contributed by atoms with Crippen LogP contribution in [0.4, 0.5) is 24.5 Å². The van der Waals surface area contributed by atoms with Crippen molar-refractivity contribution >= 4 is 21.4 Å². The largest absolute Gasteiger partial charge is 0.516 e. The first-order valence-corrected chi connectivity index (χ1v) is 7.66. The molecule has 1 N–H and O–H groups in total. The number of anilines is 2. The second-order valence-corrected chi connectivity index (χ2v) is 5.78. The van der Waals surface area contributed by atoms with E-state index in [1.807, 2.05) is 18.7 Å². The molecule has 21 heavy (non-hydrogen) atoms. The zero-order chi connectivity index (χ0) is 16.3. The third kappa shape index (κ3) is 3.93. The molecule has 0 atom stereocenters. The van der Waals surface area contributed by atoms with Crippen LogP contribution < -0.4 is 14.4 Å². The minimum absolute atomic E-state index is 0.171. The van der Waals surface area contributed by atoms with Crippen molar-refractivity contribution in [1.82, 2.24) is 0 Å². The van der Waals surface area contributed by atoms with Crippen molar-refractivity contribution in [2.45, 2.75) is 19.4 Å². The van der Waals surface area contributed by atoms with Crippen LogP contribution in [0, 0.1) is 0 Å². The van der Waals surface area contributed by atoms with Gasteiger partial charge in [0.1, 0.15) is 5.75 Å². The number of alkyl halides is 3. The molecule has 0 aliphatic heterocycles. The Morgan fingerprint density at radius 2 is 1.81 bits per heavy atom. The van der Waals surface area contributed by atoms with E-state index in [0.29, 0.717) is 24.5 Å². The van der Waals surface area contributed by atoms with Gasteiger partial charge in [-0.05, 0) is 32.0 Å². The first-order valence-electron chi connectivity index (χ1n) is 6.18. The van der Waals surface area contributed by atoms with Gasteiger partial charge in [-0.15, -0.1) is 0 Å². The molecular weight excluding hydrogens is 309 g/mol. The number of nitrogens with one attached hydrogen (secondary N) is 1. The fourth-order valence-electron chi connectivity index (χ4n) is 1.78. The van der Waals surface area contributed by atoms with Crippen molar-refractivity contribution in [3.8, 4) is 5.75 Å². The Balaban J connectivity index is 3.21. The van der Waals surface area contributed by atoms with Crippen molar-refractivity contribution in [2.75, 3.05) is 29.8 Å². The lowest BCUT2D eigenvalue weighted by molar-refractivity contribution is -0.0429. The van der Waals surface area contributed by atoms with Crippen LogP contribution >= 0.6 is 0 Å². The van der Waals surface area contributed by atoms with Gasteiger partial charge in [-0.25, -0.2) is 0 Å². The minimum atomic E-state index is -5.44. The highest BCUT2D eigenvalue weighted by molar-refractivity contribution is 7.93. The predicted octanol–water partition coefficient (Wildman–Crippen LogP) is 2.80. The van der Waals surface area contributed by atoms with Crippen LogP contribution in [-0.2, 0) is 10.0 Å². The summed E-state index contributed by atoms with van der Waals surface area (Å²) in [5, 5.41) is 0. The van der Waals surface area contributed by atoms with Gasteiger partial charge in [0, 0.05) is 13.1 Å². The maximum Gasteiger partial charge on any atom is 0.516 e. The maximum absolute atomic E-state index is 12.4. The molecule has 1 aromatic carbocycles. The van der Waals surface area contributed by atoms with Crippen molar-refractivity contribution in [3.05, 3.63) is 18.2 Å². The molecule has 0 aliphatic carbocycles. The number of rotatable bonds is 6. The standard InChI is InChI=1S/C12H17F3N2O3S/c1-4-17(5-2)10-8-9(6-7-11(10)20-3)16-21(18,19)12(13,14)15/h6-8,16H,4-5H2,1-3H3. The van der Waals surface area contributed by atoms with E-state index < -0.39 is 15.5 Å². The number of methoxy groups -OCH3 is 1. The lowest BCUT2D eigenvalue weighted by Gasteiger charge is -2.24. The number of sulfonamides is 1. The first kappa shape index (κ1) is 17.4. The van der Waals surface area contributed by atoms with Crippen molar-refractivity contribution in [1.29, 1.82) is 0 Å². The summed E-state index contributed by atoms with van der Waals surface area (Å²) in [4.78, 5) is 1.84. The number of ether oxygens (including phenoxy) is 1. The van der Waals surface area contributed by atoms with Gasteiger partial charge in [0.05, 0.1) is 18.5 Å². The average molecular weight is 326 g/mol. The summed E-state index contributed by atoms with van der Waals surface area (Å²) in [7, 11) is -4.00. The molecule has 0 spiro atoms. The Morgan fingerprint density at radius 3 is 2.24 bits per heavy atom. The summed E-state index contributed by atoms with van der Waals surface area (Å²) >= 11 is 0. The van der Waals surface area contributed by atoms with E-state index in [-0.39, 0.29) is 5.69 Å². The summed E-state index contributed by atoms with van der Waals surface area (Å²) < 4.78 is 66.0. The highest BCUT2D eigenvalue weighted by atomic mass is 32.2. The zero-order valence-electron chi connectivity index (χ0n) is 11.9. The molecule has 0 fully saturated rings. The lowest BCUT2D eigenvalue weighted by Crippen LogP contribution is -2.30. The Kier molecular flexibility index (Phi) is 5.32. The summed E-state index contributed by atoms with van der Waals surface area (Å²) in [5.74, 6) is 0.452. The van der Waals surface area contributed by atoms with Gasteiger partial charge in [0.2, 0.25) is 0 Å². The summed E-state index contributed by atoms with van der Waals surface area (Å²) in [6, 6.07) is 3.95. The minimum Gasteiger partial charge on any atom is -0.495 e. The Labute approximate surface area is 121 Å². The van der Waals surface area contributed by atoms with Gasteiger partial charge in [0.15, 0.2) is 0 Å². The molecule has 1 aromatic rings. The smallest absolute Gasteiger partial charge is 0.495 e. The number of hydrogen-bond acceptors (Lipinski definition) is 4. The SMILES string of the molecule is CCN(CC)c1cc(NS(=O)(=O)C(F)(F)F)ccc1OC. The van der Waals surface area contributed by atoms with Crippen molar-refractivity contribution < 1.29 is 26.3 Å². The third-order valence-corrected chi connectivity index (χ3v) is 3.95. The Bertz CT molecular complexity index is 584. The summed E-state index contributed by atoms with van der Waals surface area (Å²) in [5.41, 5.74) is -5.01. The third-order valence-electron chi connectivity index (χ3n) is 2.84. The monoisotopic (exact) mass is 326 g/mol. The van der Waals surface area contributed by atoms with Crippen LogP contribution in [0.2, 0.25) is 0 Å². The van der Waals surface area contributed by atoms with Crippen LogP contribution in [0.25, 0.3) is 0 Å². The quantitative estimate of drug-likeness (QED) is 0.873. The van der Waals surface area contributed by atoms with Gasteiger partial charge >= 0.3 is 15.5 Å². The fraction of sp³-hybridized carbons (Fsp3) is 0.500. The molecule has 0 unspecified atom stereocenters. The first-order chi connectivity index (χ1) is 9.66. The summed E-state index contributed by atoms with van der Waals surface area (Å²) in [6.45, 7) is 4.94. The molecule has 0 amide bonds. The summed E-state index contributed by atoms with van der Waals surface area (Å²) in [6.07, 6.45) is 0. The Hall–Kier alpha value is -1.64. The number of benzene rings is 1. The van der Waals surface area contributed by atoms with Crippen LogP contribution in [0.3, 0.4) is 0 Å². The van der Waals surface area contributed by atoms with E-state index >= 15 is 0 Å². The van der Waals surface area contributed by atoms with Crippen LogP contribution in [-0.4, -0.2) is 34.1 Å². The van der Waals surface area contributed by atoms with Crippen LogP contribution in [0.15, 0.2) is 18.2 Å². The van der Waals surface area contributed by atoms with Crippen LogP contribution in [0.5, 0.6) is 5.75 Å². The second kappa shape index (κ2) is 6.42. The second-order valence-electron chi connectivity index (χ2n) is 4.11. The molecule has 0 saturated heterocycles.